The molecule has 0 aliphatic heterocycles. The first-order chi connectivity index (χ1) is 6.09. The van der Waals surface area contributed by atoms with Crippen LogP contribution in [0.2, 0.25) is 0 Å². The van der Waals surface area contributed by atoms with Crippen molar-refractivity contribution >= 4 is 35.6 Å². The number of thiocarbonyl (C=S) groups is 1. The average molecular weight is 230 g/mol. The molecule has 1 aromatic rings. The van der Waals surface area contributed by atoms with E-state index in [1.54, 1.807) is 0 Å². The van der Waals surface area contributed by atoms with Crippen molar-refractivity contribution in [1.82, 2.24) is 0 Å². The summed E-state index contributed by atoms with van der Waals surface area (Å²) in [6.07, 6.45) is 0. The molecule has 0 spiro atoms. The molecule has 3 nitrogen and oxygen atoms in total. The zero-order chi connectivity index (χ0) is 9.84. The van der Waals surface area contributed by atoms with Gasteiger partial charge in [0.15, 0.2) is 5.96 Å². The van der Waals surface area contributed by atoms with E-state index in [-0.39, 0.29) is 18.4 Å². The fourth-order valence-corrected chi connectivity index (χ4v) is 1.12. The van der Waals surface area contributed by atoms with E-state index in [9.17, 15) is 0 Å². The molecule has 0 saturated heterocycles. The number of halogens is 1. The van der Waals surface area contributed by atoms with Crippen LogP contribution in [0.15, 0.2) is 29.3 Å². The Morgan fingerprint density at radius 3 is 2.14 bits per heavy atom. The minimum Gasteiger partial charge on any atom is -0.370 e. The fourth-order valence-electron chi connectivity index (χ4n) is 0.878. The Bertz CT molecular complexity index is 342. The molecular formula is C9H12ClN3S. The Morgan fingerprint density at radius 1 is 1.21 bits per heavy atom. The molecule has 0 saturated carbocycles. The van der Waals surface area contributed by atoms with E-state index in [2.05, 4.69) is 4.99 Å². The maximum absolute atomic E-state index is 5.20. The number of rotatable bonds is 1. The number of benzene rings is 1. The molecule has 0 aromatic heterocycles. The molecule has 0 atom stereocenters. The zero-order valence-electron chi connectivity index (χ0n) is 7.73. The Kier molecular flexibility index (Phi) is 5.12. The Hall–Kier alpha value is -1.13. The van der Waals surface area contributed by atoms with E-state index >= 15 is 0 Å². The van der Waals surface area contributed by atoms with Crippen LogP contribution >= 0.6 is 24.6 Å². The van der Waals surface area contributed by atoms with Crippen LogP contribution < -0.4 is 11.5 Å². The highest BCUT2D eigenvalue weighted by molar-refractivity contribution is 7.80. The largest absolute Gasteiger partial charge is 0.370 e. The van der Waals surface area contributed by atoms with E-state index in [0.717, 1.165) is 5.56 Å². The third-order valence-corrected chi connectivity index (χ3v) is 1.86. The maximum Gasteiger partial charge on any atom is 0.192 e. The first-order valence-electron chi connectivity index (χ1n) is 3.80. The second-order valence-corrected chi connectivity index (χ2v) is 3.09. The standard InChI is InChI=1S/C9H11N3S.ClH/c1-6-2-4-7(5-3-6)8(13)12-9(10)11;/h2-5H,1H3,(H4,10,11,12,13);1H. The number of guanidine groups is 1. The highest BCUT2D eigenvalue weighted by Gasteiger charge is 1.98. The predicted octanol–water partition coefficient (Wildman–Crippen LogP) is 1.37. The summed E-state index contributed by atoms with van der Waals surface area (Å²) in [5, 5.41) is 0. The summed E-state index contributed by atoms with van der Waals surface area (Å²) in [5.74, 6) is -0.00873. The van der Waals surface area contributed by atoms with E-state index in [1.165, 1.54) is 5.56 Å². The van der Waals surface area contributed by atoms with Crippen LogP contribution in [0.1, 0.15) is 11.1 Å². The van der Waals surface area contributed by atoms with Crippen molar-refractivity contribution in [2.45, 2.75) is 6.92 Å². The number of nitrogens with two attached hydrogens (primary N) is 2. The minimum atomic E-state index is -0.00873. The van der Waals surface area contributed by atoms with Crippen LogP contribution in [0.5, 0.6) is 0 Å². The first kappa shape index (κ1) is 12.9. The van der Waals surface area contributed by atoms with Crippen molar-refractivity contribution in [2.24, 2.45) is 16.5 Å². The van der Waals surface area contributed by atoms with Gasteiger partial charge >= 0.3 is 0 Å². The Balaban J connectivity index is 0.00000169. The van der Waals surface area contributed by atoms with Gasteiger partial charge in [0.25, 0.3) is 0 Å². The lowest BCUT2D eigenvalue weighted by atomic mass is 10.1. The SMILES string of the molecule is Cc1ccc(C(=S)N=C(N)N)cc1.Cl. The fraction of sp³-hybridized carbons (Fsp3) is 0.111. The molecule has 0 fully saturated rings. The highest BCUT2D eigenvalue weighted by atomic mass is 35.5. The molecule has 0 radical (unpaired) electrons. The molecule has 4 N–H and O–H groups in total. The molecule has 0 aliphatic rings. The monoisotopic (exact) mass is 229 g/mol. The molecule has 1 rings (SSSR count). The normalized spacial score (nSPS) is 8.64. The third kappa shape index (κ3) is 3.72. The topological polar surface area (TPSA) is 64.4 Å². The van der Waals surface area contributed by atoms with Gasteiger partial charge in [0.05, 0.1) is 0 Å². The molecule has 0 unspecified atom stereocenters. The third-order valence-electron chi connectivity index (χ3n) is 1.53. The smallest absolute Gasteiger partial charge is 0.192 e. The van der Waals surface area contributed by atoms with Crippen LogP contribution in [0.4, 0.5) is 0 Å². The second-order valence-electron chi connectivity index (χ2n) is 2.71. The summed E-state index contributed by atoms with van der Waals surface area (Å²) in [6.45, 7) is 2.01. The first-order valence-corrected chi connectivity index (χ1v) is 4.21. The van der Waals surface area contributed by atoms with E-state index < -0.39 is 0 Å². The van der Waals surface area contributed by atoms with Crippen molar-refractivity contribution in [3.05, 3.63) is 35.4 Å². The summed E-state index contributed by atoms with van der Waals surface area (Å²) >= 11 is 4.99. The lowest BCUT2D eigenvalue weighted by molar-refractivity contribution is 1.45. The quantitative estimate of drug-likeness (QED) is 0.434. The van der Waals surface area contributed by atoms with E-state index in [0.29, 0.717) is 4.99 Å². The minimum absolute atomic E-state index is 0. The molecule has 14 heavy (non-hydrogen) atoms. The van der Waals surface area contributed by atoms with Gasteiger partial charge in [-0.05, 0) is 6.92 Å². The van der Waals surface area contributed by atoms with Gasteiger partial charge in [-0.2, -0.15) is 0 Å². The van der Waals surface area contributed by atoms with Crippen molar-refractivity contribution < 1.29 is 0 Å². The average Bonchev–Trinajstić information content (AvgIpc) is 2.04. The second kappa shape index (κ2) is 5.57. The van der Waals surface area contributed by atoms with Crippen molar-refractivity contribution in [3.63, 3.8) is 0 Å². The van der Waals surface area contributed by atoms with Crippen molar-refractivity contribution in [1.29, 1.82) is 0 Å². The summed E-state index contributed by atoms with van der Waals surface area (Å²) in [6, 6.07) is 7.71. The van der Waals surface area contributed by atoms with Gasteiger partial charge in [-0.25, -0.2) is 4.99 Å². The lowest BCUT2D eigenvalue weighted by Crippen LogP contribution is -2.24. The maximum atomic E-state index is 5.20. The van der Waals surface area contributed by atoms with Gasteiger partial charge in [-0.15, -0.1) is 12.4 Å². The van der Waals surface area contributed by atoms with Crippen molar-refractivity contribution in [2.75, 3.05) is 0 Å². The van der Waals surface area contributed by atoms with Crippen LogP contribution in [0.25, 0.3) is 0 Å². The number of nitrogens with zero attached hydrogens (tertiary/aromatic N) is 1. The zero-order valence-corrected chi connectivity index (χ0v) is 9.36. The molecule has 0 bridgehead atoms. The predicted molar refractivity (Wildman–Crippen MR) is 65.9 cm³/mol. The number of hydrogen-bond donors (Lipinski definition) is 2. The Labute approximate surface area is 94.6 Å². The number of aryl methyl sites for hydroxylation is 1. The summed E-state index contributed by atoms with van der Waals surface area (Å²) < 4.78 is 0. The Morgan fingerprint density at radius 2 is 1.71 bits per heavy atom. The summed E-state index contributed by atoms with van der Waals surface area (Å²) in [7, 11) is 0. The van der Waals surface area contributed by atoms with Gasteiger partial charge in [0.1, 0.15) is 4.99 Å². The molecule has 0 amide bonds. The lowest BCUT2D eigenvalue weighted by Gasteiger charge is -1.98. The van der Waals surface area contributed by atoms with Crippen molar-refractivity contribution in [3.8, 4) is 0 Å². The van der Waals surface area contributed by atoms with E-state index in [4.69, 9.17) is 23.7 Å². The molecule has 1 aromatic carbocycles. The van der Waals surface area contributed by atoms with Gasteiger partial charge in [0, 0.05) is 5.56 Å². The van der Waals surface area contributed by atoms with Gasteiger partial charge in [0.2, 0.25) is 0 Å². The summed E-state index contributed by atoms with van der Waals surface area (Å²) in [5.41, 5.74) is 12.4. The van der Waals surface area contributed by atoms with Crippen LogP contribution in [0.3, 0.4) is 0 Å². The molecular weight excluding hydrogens is 218 g/mol. The van der Waals surface area contributed by atoms with Gasteiger partial charge in [-0.1, -0.05) is 42.0 Å². The molecule has 0 aliphatic carbocycles. The molecule has 0 heterocycles. The molecule has 5 heteroatoms. The van der Waals surface area contributed by atoms with Crippen LogP contribution in [-0.2, 0) is 0 Å². The van der Waals surface area contributed by atoms with E-state index in [1.807, 2.05) is 31.2 Å². The van der Waals surface area contributed by atoms with Crippen LogP contribution in [0, 0.1) is 6.92 Å². The number of hydrogen-bond acceptors (Lipinski definition) is 1. The highest BCUT2D eigenvalue weighted by Crippen LogP contribution is 2.05. The summed E-state index contributed by atoms with van der Waals surface area (Å²) in [4.78, 5) is 4.20. The molecule has 76 valence electrons. The van der Waals surface area contributed by atoms with Gasteiger partial charge in [-0.3, -0.25) is 0 Å². The number of aliphatic imine (C=N–C) groups is 1. The van der Waals surface area contributed by atoms with Gasteiger partial charge < -0.3 is 11.5 Å². The van der Waals surface area contributed by atoms with Crippen LogP contribution in [-0.4, -0.2) is 10.9 Å².